The van der Waals surface area contributed by atoms with Gasteiger partial charge in [0.25, 0.3) is 0 Å². The van der Waals surface area contributed by atoms with Crippen LogP contribution in [0.4, 0.5) is 0 Å². The molecule has 0 atom stereocenters. The number of carbonyl (C=O) groups is 1. The first-order valence-electron chi connectivity index (χ1n) is 7.62. The van der Waals surface area contributed by atoms with E-state index in [9.17, 15) is 9.59 Å². The molecule has 1 aromatic heterocycles. The van der Waals surface area contributed by atoms with Gasteiger partial charge in [-0.3, -0.25) is 4.79 Å². The van der Waals surface area contributed by atoms with Gasteiger partial charge in [0.05, 0.1) is 30.1 Å². The molecule has 0 N–H and O–H groups in total. The Morgan fingerprint density at radius 3 is 2.62 bits per heavy atom. The predicted octanol–water partition coefficient (Wildman–Crippen LogP) is 3.20. The average molecular weight is 323 g/mol. The number of benzene rings is 2. The quantitative estimate of drug-likeness (QED) is 0.420. The van der Waals surface area contributed by atoms with Crippen molar-refractivity contribution in [1.82, 2.24) is 4.57 Å². The Morgan fingerprint density at radius 2 is 1.88 bits per heavy atom. The Morgan fingerprint density at radius 1 is 1.12 bits per heavy atom. The Labute approximate surface area is 138 Å². The van der Waals surface area contributed by atoms with Crippen LogP contribution in [-0.2, 0) is 9.53 Å². The molecule has 0 bridgehead atoms. The van der Waals surface area contributed by atoms with Crippen LogP contribution in [0, 0.1) is 0 Å². The number of hydrogen-bond acceptors (Lipinski definition) is 4. The Hall–Kier alpha value is -3.08. The highest BCUT2D eigenvalue weighted by Gasteiger charge is 2.13. The molecule has 0 unspecified atom stereocenters. The number of para-hydroxylation sites is 2. The van der Waals surface area contributed by atoms with Crippen molar-refractivity contribution in [2.75, 3.05) is 13.7 Å². The van der Waals surface area contributed by atoms with Crippen LogP contribution in [0.15, 0.2) is 53.3 Å². The maximum Gasteiger partial charge on any atom is 0.332 e. The molecule has 3 rings (SSSR count). The third-order valence-corrected chi connectivity index (χ3v) is 3.76. The summed E-state index contributed by atoms with van der Waals surface area (Å²) in [7, 11) is 1.55. The summed E-state index contributed by atoms with van der Waals surface area (Å²) >= 11 is 0. The number of rotatable bonds is 4. The standard InChI is InChI=1S/C19H17NO4/c1-3-24-17(21)11-12-20-15-9-5-4-7-13(15)19(22)14-8-6-10-16(23-2)18(14)20/h4-12H,3H2,1-2H3/b12-11+. The van der Waals surface area contributed by atoms with Gasteiger partial charge in [-0.1, -0.05) is 18.2 Å². The number of pyridine rings is 1. The third kappa shape index (κ3) is 2.65. The molecule has 24 heavy (non-hydrogen) atoms. The molecule has 0 radical (unpaired) electrons. The van der Waals surface area contributed by atoms with E-state index in [2.05, 4.69) is 0 Å². The van der Waals surface area contributed by atoms with Gasteiger partial charge in [-0.25, -0.2) is 4.79 Å². The van der Waals surface area contributed by atoms with Crippen LogP contribution in [0.3, 0.4) is 0 Å². The van der Waals surface area contributed by atoms with Crippen LogP contribution in [-0.4, -0.2) is 24.3 Å². The van der Waals surface area contributed by atoms with Crippen molar-refractivity contribution in [3.8, 4) is 5.75 Å². The van der Waals surface area contributed by atoms with Crippen LogP contribution in [0.1, 0.15) is 6.92 Å². The fraction of sp³-hybridized carbons (Fsp3) is 0.158. The highest BCUT2D eigenvalue weighted by atomic mass is 16.5. The summed E-state index contributed by atoms with van der Waals surface area (Å²) in [6, 6.07) is 12.6. The van der Waals surface area contributed by atoms with Gasteiger partial charge in [-0.2, -0.15) is 0 Å². The van der Waals surface area contributed by atoms with Crippen LogP contribution >= 0.6 is 0 Å². The van der Waals surface area contributed by atoms with Crippen molar-refractivity contribution in [3.05, 3.63) is 58.8 Å². The monoisotopic (exact) mass is 323 g/mol. The number of aromatic nitrogens is 1. The maximum atomic E-state index is 12.8. The summed E-state index contributed by atoms with van der Waals surface area (Å²) in [4.78, 5) is 24.5. The fourth-order valence-corrected chi connectivity index (χ4v) is 2.74. The Kier molecular flexibility index (Phi) is 4.33. The summed E-state index contributed by atoms with van der Waals surface area (Å²) in [6.45, 7) is 2.05. The van der Waals surface area contributed by atoms with E-state index in [1.54, 1.807) is 49.1 Å². The number of esters is 1. The predicted molar refractivity (Wildman–Crippen MR) is 94.2 cm³/mol. The van der Waals surface area contributed by atoms with E-state index in [1.165, 1.54) is 6.08 Å². The van der Waals surface area contributed by atoms with E-state index < -0.39 is 5.97 Å². The number of nitrogens with zero attached hydrogens (tertiary/aromatic N) is 1. The molecule has 5 nitrogen and oxygen atoms in total. The topological polar surface area (TPSA) is 57.5 Å². The minimum Gasteiger partial charge on any atom is -0.495 e. The molecule has 0 fully saturated rings. The molecule has 0 amide bonds. The minimum atomic E-state index is -0.441. The fourth-order valence-electron chi connectivity index (χ4n) is 2.74. The summed E-state index contributed by atoms with van der Waals surface area (Å²) in [5.74, 6) is 0.118. The van der Waals surface area contributed by atoms with Crippen LogP contribution < -0.4 is 10.2 Å². The van der Waals surface area contributed by atoms with E-state index in [4.69, 9.17) is 9.47 Å². The molecule has 0 aliphatic rings. The zero-order valence-electron chi connectivity index (χ0n) is 13.5. The average Bonchev–Trinajstić information content (AvgIpc) is 2.61. The van der Waals surface area contributed by atoms with Crippen molar-refractivity contribution >= 4 is 34.0 Å². The minimum absolute atomic E-state index is 0.0692. The molecule has 5 heteroatoms. The highest BCUT2D eigenvalue weighted by Crippen LogP contribution is 2.27. The van der Waals surface area contributed by atoms with Crippen molar-refractivity contribution in [3.63, 3.8) is 0 Å². The molecular weight excluding hydrogens is 306 g/mol. The zero-order valence-corrected chi connectivity index (χ0v) is 13.5. The zero-order chi connectivity index (χ0) is 17.1. The van der Waals surface area contributed by atoms with Gasteiger partial charge in [0.15, 0.2) is 5.43 Å². The molecule has 1 heterocycles. The summed E-state index contributed by atoms with van der Waals surface area (Å²) in [5.41, 5.74) is 1.24. The number of fused-ring (bicyclic) bond motifs is 2. The number of carbonyl (C=O) groups excluding carboxylic acids is 1. The van der Waals surface area contributed by atoms with E-state index in [-0.39, 0.29) is 5.43 Å². The highest BCUT2D eigenvalue weighted by molar-refractivity contribution is 5.99. The van der Waals surface area contributed by atoms with Crippen molar-refractivity contribution in [1.29, 1.82) is 0 Å². The third-order valence-electron chi connectivity index (χ3n) is 3.76. The van der Waals surface area contributed by atoms with Gasteiger partial charge < -0.3 is 14.0 Å². The summed E-state index contributed by atoms with van der Waals surface area (Å²) in [5, 5.41) is 1.10. The van der Waals surface area contributed by atoms with Gasteiger partial charge in [-0.05, 0) is 31.2 Å². The van der Waals surface area contributed by atoms with Crippen molar-refractivity contribution in [2.24, 2.45) is 0 Å². The van der Waals surface area contributed by atoms with Gasteiger partial charge in [0.2, 0.25) is 0 Å². The first-order chi connectivity index (χ1) is 11.7. The molecular formula is C19H17NO4. The second kappa shape index (κ2) is 6.58. The van der Waals surface area contributed by atoms with Crippen molar-refractivity contribution < 1.29 is 14.3 Å². The molecule has 0 spiro atoms. The van der Waals surface area contributed by atoms with Gasteiger partial charge >= 0.3 is 5.97 Å². The number of ether oxygens (including phenoxy) is 2. The first kappa shape index (κ1) is 15.8. The van der Waals surface area contributed by atoms with Crippen LogP contribution in [0.2, 0.25) is 0 Å². The maximum absolute atomic E-state index is 12.8. The molecule has 2 aromatic carbocycles. The molecule has 0 saturated carbocycles. The van der Waals surface area contributed by atoms with Crippen LogP contribution in [0.5, 0.6) is 5.75 Å². The lowest BCUT2D eigenvalue weighted by Crippen LogP contribution is -2.10. The lowest BCUT2D eigenvalue weighted by atomic mass is 10.1. The van der Waals surface area contributed by atoms with E-state index >= 15 is 0 Å². The molecule has 3 aromatic rings. The van der Waals surface area contributed by atoms with E-state index in [1.807, 2.05) is 18.2 Å². The lowest BCUT2D eigenvalue weighted by Gasteiger charge is -2.14. The number of methoxy groups -OCH3 is 1. The Balaban J connectivity index is 2.40. The molecule has 122 valence electrons. The second-order valence-electron chi connectivity index (χ2n) is 5.14. The van der Waals surface area contributed by atoms with E-state index in [0.29, 0.717) is 34.2 Å². The normalized spacial score (nSPS) is 11.2. The first-order valence-corrected chi connectivity index (χ1v) is 7.62. The largest absolute Gasteiger partial charge is 0.495 e. The number of hydrogen-bond donors (Lipinski definition) is 0. The Bertz CT molecular complexity index is 1000. The van der Waals surface area contributed by atoms with Gasteiger partial charge in [0, 0.05) is 17.7 Å². The summed E-state index contributed by atoms with van der Waals surface area (Å²) < 4.78 is 12.1. The van der Waals surface area contributed by atoms with Gasteiger partial charge in [0.1, 0.15) is 5.75 Å². The second-order valence-corrected chi connectivity index (χ2v) is 5.14. The lowest BCUT2D eigenvalue weighted by molar-refractivity contribution is -0.137. The van der Waals surface area contributed by atoms with Crippen LogP contribution in [0.25, 0.3) is 28.0 Å². The SMILES string of the molecule is CCOC(=O)/C=C/n1c2ccccc2c(=O)c2cccc(OC)c21. The molecule has 0 saturated heterocycles. The van der Waals surface area contributed by atoms with Crippen molar-refractivity contribution in [2.45, 2.75) is 6.92 Å². The summed E-state index contributed by atoms with van der Waals surface area (Å²) in [6.07, 6.45) is 2.94. The molecule has 0 aliphatic heterocycles. The van der Waals surface area contributed by atoms with E-state index in [0.717, 1.165) is 0 Å². The van der Waals surface area contributed by atoms with Gasteiger partial charge in [-0.15, -0.1) is 0 Å². The smallest absolute Gasteiger partial charge is 0.332 e. The molecule has 0 aliphatic carbocycles.